The molecule has 0 saturated heterocycles. The lowest BCUT2D eigenvalue weighted by Gasteiger charge is -2.17. The number of hydrogen-bond acceptors (Lipinski definition) is 8. The van der Waals surface area contributed by atoms with Gasteiger partial charge in [0.15, 0.2) is 23.3 Å². The summed E-state index contributed by atoms with van der Waals surface area (Å²) < 4.78 is 80.9. The van der Waals surface area contributed by atoms with Crippen molar-refractivity contribution in [1.29, 1.82) is 0 Å². The van der Waals surface area contributed by atoms with E-state index in [9.17, 15) is 9.18 Å². The molecule has 0 amide bonds. The summed E-state index contributed by atoms with van der Waals surface area (Å²) in [6.07, 6.45) is 0.878. The van der Waals surface area contributed by atoms with Crippen LogP contribution in [0.2, 0.25) is 0 Å². The second-order valence-corrected chi connectivity index (χ2v) is 8.89. The van der Waals surface area contributed by atoms with Crippen LogP contribution in [0.1, 0.15) is 27.0 Å². The summed E-state index contributed by atoms with van der Waals surface area (Å²) in [4.78, 5) is 16.6. The van der Waals surface area contributed by atoms with Gasteiger partial charge in [0, 0.05) is 36.9 Å². The van der Waals surface area contributed by atoms with Gasteiger partial charge in [-0.1, -0.05) is 0 Å². The lowest BCUT2D eigenvalue weighted by atomic mass is 10.00. The first kappa shape index (κ1) is 30.0. The number of halogens is 4. The number of nitrogens with one attached hydrogen (secondary N) is 2. The Morgan fingerprint density at radius 1 is 0.786 bits per heavy atom. The Kier molecular flexibility index (Phi) is 9.35. The number of esters is 1. The standard InChI is InChI=1S/C30H27F4N3O5/c1-39-19-7-8-23(22(31)13-19)37-28-21(30(38)42-4)12-18(25(32)27(28)34)11-16-9-10-35-29(26(16)33)36-15-17-5-6-20(40-2)14-24(17)41-3/h5-10,12-14,37H,11,15H2,1-4H3,(H,35,36). The van der Waals surface area contributed by atoms with Gasteiger partial charge in [-0.05, 0) is 47.5 Å². The van der Waals surface area contributed by atoms with Gasteiger partial charge in [0.1, 0.15) is 23.1 Å². The third-order valence-corrected chi connectivity index (χ3v) is 6.41. The Balaban J connectivity index is 1.64. The zero-order valence-corrected chi connectivity index (χ0v) is 23.1. The van der Waals surface area contributed by atoms with Gasteiger partial charge in [-0.2, -0.15) is 0 Å². The van der Waals surface area contributed by atoms with Crippen LogP contribution in [0.15, 0.2) is 54.7 Å². The Bertz CT molecular complexity index is 1620. The fourth-order valence-corrected chi connectivity index (χ4v) is 4.18. The number of pyridine rings is 1. The number of anilines is 3. The fourth-order valence-electron chi connectivity index (χ4n) is 4.18. The molecule has 12 heteroatoms. The van der Waals surface area contributed by atoms with Crippen molar-refractivity contribution < 1.29 is 41.3 Å². The number of aromatic nitrogens is 1. The molecule has 8 nitrogen and oxygen atoms in total. The maximum absolute atomic E-state index is 15.4. The predicted octanol–water partition coefficient (Wildman–Crippen LogP) is 6.40. The number of hydrogen-bond donors (Lipinski definition) is 2. The quantitative estimate of drug-likeness (QED) is 0.155. The van der Waals surface area contributed by atoms with Crippen LogP contribution in [0, 0.1) is 23.3 Å². The first-order valence-electron chi connectivity index (χ1n) is 12.5. The Hall–Kier alpha value is -5.00. The summed E-state index contributed by atoms with van der Waals surface area (Å²) in [5.74, 6) is -4.32. The molecule has 0 spiro atoms. The lowest BCUT2D eigenvalue weighted by Crippen LogP contribution is -2.12. The average Bonchev–Trinajstić information content (AvgIpc) is 3.01. The van der Waals surface area contributed by atoms with Crippen LogP contribution in [0.5, 0.6) is 17.2 Å². The number of benzene rings is 3. The molecule has 2 N–H and O–H groups in total. The lowest BCUT2D eigenvalue weighted by molar-refractivity contribution is 0.0601. The van der Waals surface area contributed by atoms with Gasteiger partial charge in [-0.3, -0.25) is 0 Å². The summed E-state index contributed by atoms with van der Waals surface area (Å²) in [6.45, 7) is 0.137. The third-order valence-electron chi connectivity index (χ3n) is 6.41. The average molecular weight is 586 g/mol. The summed E-state index contributed by atoms with van der Waals surface area (Å²) in [5, 5.41) is 5.30. The van der Waals surface area contributed by atoms with Crippen molar-refractivity contribution in [3.8, 4) is 17.2 Å². The molecule has 0 unspecified atom stereocenters. The fraction of sp³-hybridized carbons (Fsp3) is 0.200. The Morgan fingerprint density at radius 3 is 2.17 bits per heavy atom. The molecule has 0 bridgehead atoms. The maximum atomic E-state index is 15.4. The highest BCUT2D eigenvalue weighted by molar-refractivity contribution is 5.97. The largest absolute Gasteiger partial charge is 0.497 e. The van der Waals surface area contributed by atoms with Gasteiger partial charge in [0.25, 0.3) is 0 Å². The van der Waals surface area contributed by atoms with Crippen molar-refractivity contribution in [3.63, 3.8) is 0 Å². The molecule has 42 heavy (non-hydrogen) atoms. The number of methoxy groups -OCH3 is 4. The Morgan fingerprint density at radius 2 is 1.50 bits per heavy atom. The van der Waals surface area contributed by atoms with Gasteiger partial charge in [-0.25, -0.2) is 27.3 Å². The molecule has 220 valence electrons. The van der Waals surface area contributed by atoms with Gasteiger partial charge in [-0.15, -0.1) is 0 Å². The van der Waals surface area contributed by atoms with Crippen LogP contribution in [-0.2, 0) is 17.7 Å². The minimum absolute atomic E-state index is 0.0229. The van der Waals surface area contributed by atoms with Crippen LogP contribution in [0.3, 0.4) is 0 Å². The van der Waals surface area contributed by atoms with E-state index in [4.69, 9.17) is 18.9 Å². The molecular weight excluding hydrogens is 558 g/mol. The zero-order chi connectivity index (χ0) is 30.4. The summed E-state index contributed by atoms with van der Waals surface area (Å²) >= 11 is 0. The van der Waals surface area contributed by atoms with E-state index < -0.39 is 46.9 Å². The monoisotopic (exact) mass is 585 g/mol. The van der Waals surface area contributed by atoms with Crippen molar-refractivity contribution in [1.82, 2.24) is 4.98 Å². The van der Waals surface area contributed by atoms with Crippen molar-refractivity contribution in [2.45, 2.75) is 13.0 Å². The topological polar surface area (TPSA) is 90.9 Å². The van der Waals surface area contributed by atoms with Crippen LogP contribution in [-0.4, -0.2) is 39.4 Å². The van der Waals surface area contributed by atoms with E-state index in [1.54, 1.807) is 18.2 Å². The van der Waals surface area contributed by atoms with Crippen LogP contribution >= 0.6 is 0 Å². The number of nitrogens with zero attached hydrogens (tertiary/aromatic N) is 1. The first-order valence-corrected chi connectivity index (χ1v) is 12.5. The molecule has 0 saturated carbocycles. The first-order chi connectivity index (χ1) is 20.2. The predicted molar refractivity (Wildman–Crippen MR) is 148 cm³/mol. The molecule has 4 rings (SSSR count). The number of rotatable bonds is 11. The van der Waals surface area contributed by atoms with E-state index >= 15 is 13.2 Å². The summed E-state index contributed by atoms with van der Waals surface area (Å²) in [7, 11) is 5.40. The molecule has 1 heterocycles. The van der Waals surface area contributed by atoms with E-state index in [2.05, 4.69) is 15.6 Å². The minimum atomic E-state index is -1.47. The van der Waals surface area contributed by atoms with Crippen molar-refractivity contribution in [2.24, 2.45) is 0 Å². The highest BCUT2D eigenvalue weighted by atomic mass is 19.2. The highest BCUT2D eigenvalue weighted by Crippen LogP contribution is 2.33. The number of carbonyl (C=O) groups is 1. The van der Waals surface area contributed by atoms with E-state index in [0.29, 0.717) is 17.1 Å². The molecule has 0 fully saturated rings. The van der Waals surface area contributed by atoms with Gasteiger partial charge < -0.3 is 29.6 Å². The summed E-state index contributed by atoms with van der Waals surface area (Å²) in [5.41, 5.74) is -0.959. The number of ether oxygens (including phenoxy) is 4. The van der Waals surface area contributed by atoms with Gasteiger partial charge in [0.2, 0.25) is 0 Å². The molecule has 3 aromatic carbocycles. The molecule has 0 radical (unpaired) electrons. The maximum Gasteiger partial charge on any atom is 0.340 e. The minimum Gasteiger partial charge on any atom is -0.497 e. The molecule has 1 aromatic heterocycles. The van der Waals surface area contributed by atoms with Gasteiger partial charge in [0.05, 0.1) is 45.4 Å². The number of carbonyl (C=O) groups excluding carboxylic acids is 1. The third kappa shape index (κ3) is 6.32. The summed E-state index contributed by atoms with van der Waals surface area (Å²) in [6, 6.07) is 11.1. The van der Waals surface area contributed by atoms with Crippen molar-refractivity contribution >= 4 is 23.2 Å². The molecular formula is C30H27F4N3O5. The zero-order valence-electron chi connectivity index (χ0n) is 23.1. The second-order valence-electron chi connectivity index (χ2n) is 8.89. The van der Waals surface area contributed by atoms with Crippen LogP contribution in [0.25, 0.3) is 0 Å². The highest BCUT2D eigenvalue weighted by Gasteiger charge is 2.25. The molecule has 4 aromatic rings. The van der Waals surface area contributed by atoms with Crippen molar-refractivity contribution in [2.75, 3.05) is 39.1 Å². The molecule has 0 aliphatic heterocycles. The van der Waals surface area contributed by atoms with E-state index in [-0.39, 0.29) is 34.9 Å². The molecule has 0 aliphatic carbocycles. The molecule has 0 aliphatic rings. The second kappa shape index (κ2) is 13.1. The van der Waals surface area contributed by atoms with Crippen LogP contribution in [0.4, 0.5) is 34.8 Å². The molecule has 0 atom stereocenters. The van der Waals surface area contributed by atoms with E-state index in [1.807, 2.05) is 0 Å². The normalized spacial score (nSPS) is 10.7. The van der Waals surface area contributed by atoms with Gasteiger partial charge >= 0.3 is 5.97 Å². The van der Waals surface area contributed by atoms with E-state index in [1.165, 1.54) is 45.7 Å². The smallest absolute Gasteiger partial charge is 0.340 e. The Labute approximate surface area is 239 Å². The van der Waals surface area contributed by atoms with E-state index in [0.717, 1.165) is 19.2 Å². The van der Waals surface area contributed by atoms with Crippen LogP contribution < -0.4 is 24.8 Å². The SMILES string of the molecule is COC(=O)c1cc(Cc2ccnc(NCc3ccc(OC)cc3OC)c2F)c(F)c(F)c1Nc1ccc(OC)cc1F. The van der Waals surface area contributed by atoms with Crippen molar-refractivity contribution in [3.05, 3.63) is 100 Å².